The molecule has 1 aromatic carbocycles. The predicted molar refractivity (Wildman–Crippen MR) is 124 cm³/mol. The summed E-state index contributed by atoms with van der Waals surface area (Å²) >= 11 is 1.78. The summed E-state index contributed by atoms with van der Waals surface area (Å²) in [6, 6.07) is 4.08. The molecule has 30 heavy (non-hydrogen) atoms. The third-order valence-electron chi connectivity index (χ3n) is 5.68. The Bertz CT molecular complexity index is 1130. The third-order valence-corrected chi connectivity index (χ3v) is 6.75. The summed E-state index contributed by atoms with van der Waals surface area (Å²) in [6.45, 7) is 7.32. The average molecular weight is 424 g/mol. The molecule has 2 N–H and O–H groups in total. The number of aromatic nitrogens is 3. The molecule has 1 aliphatic rings. The highest BCUT2D eigenvalue weighted by Crippen LogP contribution is 2.41. The fraction of sp³-hybridized carbons (Fsp3) is 0.435. The normalized spacial score (nSPS) is 15.7. The van der Waals surface area contributed by atoms with Crippen LogP contribution in [0.3, 0.4) is 0 Å². The van der Waals surface area contributed by atoms with E-state index in [0.717, 1.165) is 57.0 Å². The van der Waals surface area contributed by atoms with Crippen LogP contribution in [0.25, 0.3) is 16.6 Å². The first-order chi connectivity index (χ1) is 14.2. The number of Topliss-reactive ketones (excluding diaryl/α,β-unsaturated/α-hetero) is 1. The first-order valence-electron chi connectivity index (χ1n) is 10.2. The van der Waals surface area contributed by atoms with Crippen molar-refractivity contribution >= 4 is 34.3 Å². The summed E-state index contributed by atoms with van der Waals surface area (Å²) in [5.74, 6) is 1.66. The lowest BCUT2D eigenvalue weighted by atomic mass is 9.75. The maximum Gasteiger partial charge on any atom is 0.165 e. The molecule has 2 aromatic heterocycles. The molecular formula is C23H29N5OS. The van der Waals surface area contributed by atoms with E-state index in [2.05, 4.69) is 59.6 Å². The summed E-state index contributed by atoms with van der Waals surface area (Å²) in [7, 11) is 4.15. The molecule has 2 heterocycles. The number of nitrogens with two attached hydrogens (primary N) is 1. The van der Waals surface area contributed by atoms with Crippen molar-refractivity contribution in [3.63, 3.8) is 0 Å². The Hall–Kier alpha value is -2.38. The number of nitrogens with zero attached hydrogens (tertiary/aromatic N) is 4. The summed E-state index contributed by atoms with van der Waals surface area (Å²) < 4.78 is 2.21. The fourth-order valence-electron chi connectivity index (χ4n) is 4.27. The van der Waals surface area contributed by atoms with Gasteiger partial charge in [0.2, 0.25) is 0 Å². The molecule has 4 rings (SSSR count). The summed E-state index contributed by atoms with van der Waals surface area (Å²) in [6.07, 6.45) is 5.09. The van der Waals surface area contributed by atoms with Gasteiger partial charge in [-0.15, -0.1) is 11.8 Å². The van der Waals surface area contributed by atoms with Crippen LogP contribution in [-0.2, 0) is 6.42 Å². The van der Waals surface area contributed by atoms with Crippen molar-refractivity contribution in [2.75, 3.05) is 32.1 Å². The number of fused-ring (bicyclic) bond motifs is 2. The van der Waals surface area contributed by atoms with E-state index in [1.54, 1.807) is 11.8 Å². The zero-order valence-corrected chi connectivity index (χ0v) is 19.1. The lowest BCUT2D eigenvalue weighted by Crippen LogP contribution is -2.28. The number of ketones is 1. The van der Waals surface area contributed by atoms with Gasteiger partial charge in [-0.25, -0.2) is 9.97 Å². The maximum atomic E-state index is 12.9. The maximum absolute atomic E-state index is 12.9. The number of benzene rings is 1. The molecule has 0 saturated heterocycles. The monoisotopic (exact) mass is 423 g/mol. The zero-order valence-electron chi connectivity index (χ0n) is 18.3. The van der Waals surface area contributed by atoms with Gasteiger partial charge in [-0.1, -0.05) is 13.8 Å². The van der Waals surface area contributed by atoms with Crippen LogP contribution in [-0.4, -0.2) is 51.6 Å². The van der Waals surface area contributed by atoms with Gasteiger partial charge in [0, 0.05) is 41.6 Å². The van der Waals surface area contributed by atoms with Crippen LogP contribution in [0.5, 0.6) is 0 Å². The van der Waals surface area contributed by atoms with Gasteiger partial charge in [-0.3, -0.25) is 4.79 Å². The molecule has 0 atom stereocenters. The van der Waals surface area contributed by atoms with E-state index >= 15 is 0 Å². The molecule has 0 bridgehead atoms. The van der Waals surface area contributed by atoms with Gasteiger partial charge < -0.3 is 15.2 Å². The van der Waals surface area contributed by atoms with Gasteiger partial charge >= 0.3 is 0 Å². The van der Waals surface area contributed by atoms with Crippen molar-refractivity contribution in [2.24, 2.45) is 5.41 Å². The van der Waals surface area contributed by atoms with E-state index in [0.29, 0.717) is 12.2 Å². The van der Waals surface area contributed by atoms with Crippen molar-refractivity contribution < 1.29 is 4.79 Å². The minimum Gasteiger partial charge on any atom is -0.383 e. The van der Waals surface area contributed by atoms with E-state index in [4.69, 9.17) is 5.73 Å². The van der Waals surface area contributed by atoms with Gasteiger partial charge in [-0.2, -0.15) is 0 Å². The lowest BCUT2D eigenvalue weighted by Gasteiger charge is -2.30. The van der Waals surface area contributed by atoms with E-state index in [1.807, 2.05) is 13.0 Å². The molecule has 7 heteroatoms. The van der Waals surface area contributed by atoms with E-state index in [9.17, 15) is 4.79 Å². The smallest absolute Gasteiger partial charge is 0.165 e. The fourth-order valence-corrected chi connectivity index (χ4v) is 5.54. The van der Waals surface area contributed by atoms with Crippen molar-refractivity contribution in [1.82, 2.24) is 19.4 Å². The van der Waals surface area contributed by atoms with Gasteiger partial charge in [0.25, 0.3) is 0 Å². The van der Waals surface area contributed by atoms with Crippen LogP contribution >= 0.6 is 11.8 Å². The van der Waals surface area contributed by atoms with Crippen molar-refractivity contribution in [3.8, 4) is 5.69 Å². The Morgan fingerprint density at radius 2 is 2.00 bits per heavy atom. The number of carbonyl (C=O) groups is 1. The minimum absolute atomic E-state index is 0.0473. The molecule has 0 spiro atoms. The summed E-state index contributed by atoms with van der Waals surface area (Å²) in [5.41, 5.74) is 11.0. The zero-order chi connectivity index (χ0) is 21.6. The second-order valence-electron chi connectivity index (χ2n) is 9.17. The molecule has 0 amide bonds. The van der Waals surface area contributed by atoms with Crippen LogP contribution in [0.2, 0.25) is 0 Å². The Labute approximate surface area is 181 Å². The standard InChI is InChI=1S/C23H29N5OS/c1-14-12-28(17-10-23(2,3)11-18(29)19(14)17)16-7-6-15-20(25-13-26-22(15)24)21(16)30-9-8-27(4)5/h6-7,12-13H,8-11H2,1-5H3,(H2,24,25,26). The molecule has 0 saturated carbocycles. The number of anilines is 1. The van der Waals surface area contributed by atoms with Crippen molar-refractivity contribution in [1.29, 1.82) is 0 Å². The average Bonchev–Trinajstić information content (AvgIpc) is 2.97. The number of rotatable bonds is 5. The van der Waals surface area contributed by atoms with E-state index in [1.165, 1.54) is 6.33 Å². The first-order valence-corrected chi connectivity index (χ1v) is 11.2. The number of nitrogen functional groups attached to an aromatic ring is 1. The largest absolute Gasteiger partial charge is 0.383 e. The Kier molecular flexibility index (Phi) is 5.36. The van der Waals surface area contributed by atoms with E-state index < -0.39 is 0 Å². The van der Waals surface area contributed by atoms with Crippen molar-refractivity contribution in [2.45, 2.75) is 38.5 Å². The molecule has 1 aliphatic carbocycles. The SMILES string of the molecule is Cc1cn(-c2ccc3c(N)ncnc3c2SCCN(C)C)c2c1C(=O)CC(C)(C)C2. The Morgan fingerprint density at radius 3 is 2.73 bits per heavy atom. The first kappa shape index (κ1) is 20.9. The molecule has 0 aliphatic heterocycles. The van der Waals surface area contributed by atoms with Crippen LogP contribution in [0.1, 0.15) is 41.9 Å². The summed E-state index contributed by atoms with van der Waals surface area (Å²) in [5, 5.41) is 0.864. The molecule has 3 aromatic rings. The van der Waals surface area contributed by atoms with Gasteiger partial charge in [0.15, 0.2) is 5.78 Å². The Morgan fingerprint density at radius 1 is 1.23 bits per heavy atom. The van der Waals surface area contributed by atoms with Crippen LogP contribution < -0.4 is 5.73 Å². The highest BCUT2D eigenvalue weighted by atomic mass is 32.2. The van der Waals surface area contributed by atoms with Gasteiger partial charge in [0.1, 0.15) is 12.1 Å². The third kappa shape index (κ3) is 3.72. The topological polar surface area (TPSA) is 77.0 Å². The van der Waals surface area contributed by atoms with Gasteiger partial charge in [0.05, 0.1) is 16.1 Å². The highest BCUT2D eigenvalue weighted by molar-refractivity contribution is 7.99. The molecule has 0 unspecified atom stereocenters. The molecule has 0 fully saturated rings. The quantitative estimate of drug-likeness (QED) is 0.622. The predicted octanol–water partition coefficient (Wildman–Crippen LogP) is 4.12. The van der Waals surface area contributed by atoms with Crippen molar-refractivity contribution in [3.05, 3.63) is 41.5 Å². The van der Waals surface area contributed by atoms with Gasteiger partial charge in [-0.05, 0) is 50.6 Å². The number of hydrogen-bond acceptors (Lipinski definition) is 6. The number of hydrogen-bond donors (Lipinski definition) is 1. The molecule has 0 radical (unpaired) electrons. The molecule has 158 valence electrons. The summed E-state index contributed by atoms with van der Waals surface area (Å²) in [4.78, 5) is 24.9. The molecular weight excluding hydrogens is 394 g/mol. The van der Waals surface area contributed by atoms with Crippen LogP contribution in [0.15, 0.2) is 29.6 Å². The number of aryl methyl sites for hydroxylation is 1. The van der Waals surface area contributed by atoms with Crippen LogP contribution in [0, 0.1) is 12.3 Å². The number of carbonyl (C=O) groups excluding carboxylic acids is 1. The number of thioether (sulfide) groups is 1. The van der Waals surface area contributed by atoms with E-state index in [-0.39, 0.29) is 11.2 Å². The molecule has 6 nitrogen and oxygen atoms in total. The lowest BCUT2D eigenvalue weighted by molar-refractivity contribution is 0.0910. The Balaban J connectivity index is 1.91. The second kappa shape index (κ2) is 7.71. The highest BCUT2D eigenvalue weighted by Gasteiger charge is 2.35. The minimum atomic E-state index is -0.0473. The van der Waals surface area contributed by atoms with Crippen LogP contribution in [0.4, 0.5) is 5.82 Å². The second-order valence-corrected chi connectivity index (χ2v) is 10.3.